The van der Waals surface area contributed by atoms with Gasteiger partial charge in [-0.15, -0.1) is 5.10 Å². The van der Waals surface area contributed by atoms with E-state index in [0.29, 0.717) is 22.3 Å². The number of tetrazole rings is 1. The largest absolute Gasteiger partial charge is 0.497 e. The van der Waals surface area contributed by atoms with Crippen molar-refractivity contribution >= 4 is 17.7 Å². The van der Waals surface area contributed by atoms with E-state index in [1.165, 1.54) is 11.8 Å². The molecule has 0 fully saturated rings. The number of carbonyl (C=O) groups is 1. The Morgan fingerprint density at radius 2 is 2.20 bits per heavy atom. The number of thioether (sulfide) groups is 1. The smallest absolute Gasteiger partial charge is 0.313 e. The molecule has 1 aromatic carbocycles. The molecular formula is C11H12N4O4S. The summed E-state index contributed by atoms with van der Waals surface area (Å²) in [6.07, 6.45) is 0. The second kappa shape index (κ2) is 6.24. The second-order valence-corrected chi connectivity index (χ2v) is 4.54. The summed E-state index contributed by atoms with van der Waals surface area (Å²) in [5.41, 5.74) is 0.603. The summed E-state index contributed by atoms with van der Waals surface area (Å²) >= 11 is 1.03. The Hall–Kier alpha value is -2.29. The minimum absolute atomic E-state index is 0.126. The van der Waals surface area contributed by atoms with Crippen LogP contribution in [0.2, 0.25) is 0 Å². The molecule has 0 aliphatic heterocycles. The maximum Gasteiger partial charge on any atom is 0.313 e. The minimum atomic E-state index is -0.939. The molecule has 9 heteroatoms. The maximum absolute atomic E-state index is 10.6. The van der Waals surface area contributed by atoms with E-state index in [1.54, 1.807) is 25.3 Å². The van der Waals surface area contributed by atoms with Crippen molar-refractivity contribution in [2.45, 2.75) is 5.16 Å². The minimum Gasteiger partial charge on any atom is -0.497 e. The fourth-order valence-corrected chi connectivity index (χ4v) is 2.11. The van der Waals surface area contributed by atoms with Gasteiger partial charge in [-0.05, 0) is 22.6 Å². The number of benzene rings is 1. The lowest BCUT2D eigenvalue weighted by Gasteiger charge is -2.10. The first-order chi connectivity index (χ1) is 9.65. The molecule has 0 bridgehead atoms. The molecule has 2 aromatic rings. The third-order valence-electron chi connectivity index (χ3n) is 2.38. The van der Waals surface area contributed by atoms with E-state index in [4.69, 9.17) is 14.6 Å². The summed E-state index contributed by atoms with van der Waals surface area (Å²) in [6, 6.07) is 5.17. The van der Waals surface area contributed by atoms with Crippen LogP contribution in [-0.4, -0.2) is 51.3 Å². The van der Waals surface area contributed by atoms with E-state index in [-0.39, 0.29) is 5.75 Å². The van der Waals surface area contributed by atoms with Gasteiger partial charge < -0.3 is 14.6 Å². The summed E-state index contributed by atoms with van der Waals surface area (Å²) in [4.78, 5) is 10.6. The molecule has 0 atom stereocenters. The first kappa shape index (κ1) is 14.1. The molecule has 0 aliphatic carbocycles. The number of aromatic nitrogens is 4. The van der Waals surface area contributed by atoms with Gasteiger partial charge in [0.1, 0.15) is 17.2 Å². The molecule has 20 heavy (non-hydrogen) atoms. The van der Waals surface area contributed by atoms with Crippen molar-refractivity contribution in [2.24, 2.45) is 0 Å². The van der Waals surface area contributed by atoms with Crippen LogP contribution in [-0.2, 0) is 4.79 Å². The van der Waals surface area contributed by atoms with Crippen molar-refractivity contribution < 1.29 is 19.4 Å². The maximum atomic E-state index is 10.6. The highest BCUT2D eigenvalue weighted by Crippen LogP contribution is 2.29. The lowest BCUT2D eigenvalue weighted by atomic mass is 10.3. The molecule has 0 spiro atoms. The lowest BCUT2D eigenvalue weighted by Crippen LogP contribution is -2.04. The number of ether oxygens (including phenoxy) is 2. The monoisotopic (exact) mass is 296 g/mol. The van der Waals surface area contributed by atoms with Crippen LogP contribution in [0.25, 0.3) is 5.69 Å². The second-order valence-electron chi connectivity index (χ2n) is 3.59. The average molecular weight is 296 g/mol. The van der Waals surface area contributed by atoms with Crippen molar-refractivity contribution in [3.8, 4) is 17.2 Å². The molecule has 0 aliphatic rings. The van der Waals surface area contributed by atoms with Crippen molar-refractivity contribution in [2.75, 3.05) is 20.0 Å². The fraction of sp³-hybridized carbons (Fsp3) is 0.273. The SMILES string of the molecule is COc1ccc(-n2nnnc2SCC(=O)O)c(OC)c1. The number of hydrogen-bond acceptors (Lipinski definition) is 7. The molecule has 0 radical (unpaired) electrons. The van der Waals surface area contributed by atoms with Gasteiger partial charge in [0, 0.05) is 6.07 Å². The van der Waals surface area contributed by atoms with Crippen molar-refractivity contribution in [1.82, 2.24) is 20.2 Å². The zero-order valence-corrected chi connectivity index (χ0v) is 11.6. The van der Waals surface area contributed by atoms with Crippen LogP contribution in [0.5, 0.6) is 11.5 Å². The van der Waals surface area contributed by atoms with Crippen molar-refractivity contribution in [1.29, 1.82) is 0 Å². The summed E-state index contributed by atoms with van der Waals surface area (Å²) in [7, 11) is 3.08. The van der Waals surface area contributed by atoms with Gasteiger partial charge in [0.05, 0.1) is 20.0 Å². The summed E-state index contributed by atoms with van der Waals surface area (Å²) in [5, 5.41) is 20.3. The van der Waals surface area contributed by atoms with E-state index in [2.05, 4.69) is 15.5 Å². The Labute approximate surface area is 118 Å². The van der Waals surface area contributed by atoms with Crippen LogP contribution in [0.1, 0.15) is 0 Å². The number of hydrogen-bond donors (Lipinski definition) is 1. The molecule has 1 aromatic heterocycles. The molecule has 1 heterocycles. The zero-order valence-electron chi connectivity index (χ0n) is 10.8. The van der Waals surface area contributed by atoms with Crippen LogP contribution in [0, 0.1) is 0 Å². The van der Waals surface area contributed by atoms with Crippen molar-refractivity contribution in [3.05, 3.63) is 18.2 Å². The highest BCUT2D eigenvalue weighted by Gasteiger charge is 2.15. The van der Waals surface area contributed by atoms with E-state index in [1.807, 2.05) is 0 Å². The summed E-state index contributed by atoms with van der Waals surface area (Å²) < 4.78 is 11.8. The van der Waals surface area contributed by atoms with Gasteiger partial charge in [-0.2, -0.15) is 4.68 Å². The molecule has 0 saturated carbocycles. The van der Waals surface area contributed by atoms with Crippen LogP contribution < -0.4 is 9.47 Å². The number of aliphatic carboxylic acids is 1. The first-order valence-electron chi connectivity index (χ1n) is 5.51. The Morgan fingerprint density at radius 3 is 2.85 bits per heavy atom. The Morgan fingerprint density at radius 1 is 1.40 bits per heavy atom. The third kappa shape index (κ3) is 2.99. The lowest BCUT2D eigenvalue weighted by molar-refractivity contribution is -0.133. The van der Waals surface area contributed by atoms with Gasteiger partial charge in [-0.3, -0.25) is 4.79 Å². The fourth-order valence-electron chi connectivity index (χ4n) is 1.51. The van der Waals surface area contributed by atoms with Gasteiger partial charge in [0.25, 0.3) is 0 Å². The number of methoxy groups -OCH3 is 2. The van der Waals surface area contributed by atoms with Gasteiger partial charge in [0.15, 0.2) is 0 Å². The molecule has 8 nitrogen and oxygen atoms in total. The summed E-state index contributed by atoms with van der Waals surface area (Å²) in [5.74, 6) is 0.0947. The normalized spacial score (nSPS) is 10.3. The predicted octanol–water partition coefficient (Wildman–Crippen LogP) is 0.856. The molecule has 1 N–H and O–H groups in total. The van der Waals surface area contributed by atoms with E-state index in [0.717, 1.165) is 11.8 Å². The van der Waals surface area contributed by atoms with Gasteiger partial charge in [-0.1, -0.05) is 11.8 Å². The molecule has 0 saturated heterocycles. The first-order valence-corrected chi connectivity index (χ1v) is 6.49. The third-order valence-corrected chi connectivity index (χ3v) is 3.28. The Kier molecular flexibility index (Phi) is 4.41. The van der Waals surface area contributed by atoms with Crippen LogP contribution in [0.15, 0.2) is 23.4 Å². The highest BCUT2D eigenvalue weighted by molar-refractivity contribution is 7.99. The number of carboxylic acid groups (broad SMARTS) is 1. The van der Waals surface area contributed by atoms with E-state index < -0.39 is 5.97 Å². The number of carboxylic acids is 1. The Balaban J connectivity index is 2.36. The van der Waals surface area contributed by atoms with Crippen LogP contribution >= 0.6 is 11.8 Å². The van der Waals surface area contributed by atoms with Gasteiger partial charge >= 0.3 is 5.97 Å². The molecule has 106 valence electrons. The summed E-state index contributed by atoms with van der Waals surface area (Å²) in [6.45, 7) is 0. The van der Waals surface area contributed by atoms with Crippen LogP contribution in [0.3, 0.4) is 0 Å². The van der Waals surface area contributed by atoms with Gasteiger partial charge in [0.2, 0.25) is 5.16 Å². The zero-order chi connectivity index (χ0) is 14.5. The standard InChI is InChI=1S/C11H12N4O4S/c1-18-7-3-4-8(9(5-7)19-2)15-11(12-13-14-15)20-6-10(16)17/h3-5H,6H2,1-2H3,(H,16,17). The molecule has 0 amide bonds. The average Bonchev–Trinajstić information content (AvgIpc) is 2.92. The molecule has 2 rings (SSSR count). The van der Waals surface area contributed by atoms with Crippen LogP contribution in [0.4, 0.5) is 0 Å². The number of nitrogens with zero attached hydrogens (tertiary/aromatic N) is 4. The topological polar surface area (TPSA) is 99.4 Å². The van der Waals surface area contributed by atoms with Gasteiger partial charge in [-0.25, -0.2) is 0 Å². The molecular weight excluding hydrogens is 284 g/mol. The highest BCUT2D eigenvalue weighted by atomic mass is 32.2. The van der Waals surface area contributed by atoms with E-state index in [9.17, 15) is 4.79 Å². The Bertz CT molecular complexity index is 616. The number of rotatable bonds is 6. The van der Waals surface area contributed by atoms with Crippen molar-refractivity contribution in [3.63, 3.8) is 0 Å². The van der Waals surface area contributed by atoms with E-state index >= 15 is 0 Å². The molecule has 0 unspecified atom stereocenters. The quantitative estimate of drug-likeness (QED) is 0.783. The predicted molar refractivity (Wildman–Crippen MR) is 70.6 cm³/mol.